The van der Waals surface area contributed by atoms with Crippen LogP contribution in [0.5, 0.6) is 5.88 Å². The van der Waals surface area contributed by atoms with Crippen molar-refractivity contribution in [2.24, 2.45) is 0 Å². The third kappa shape index (κ3) is 2.42. The van der Waals surface area contributed by atoms with Gasteiger partial charge in [-0.05, 0) is 29.8 Å². The molecule has 2 aromatic heterocycles. The monoisotopic (exact) mass is 294 g/mol. The molecule has 0 unspecified atom stereocenters. The molecule has 3 rings (SSSR count). The van der Waals surface area contributed by atoms with Gasteiger partial charge in [0.25, 0.3) is 0 Å². The SMILES string of the molecule is COc1nc(-c2ccoc2)cc(-c2ccc(F)cc2)c1C#N. The van der Waals surface area contributed by atoms with E-state index in [2.05, 4.69) is 11.1 Å². The average molecular weight is 294 g/mol. The first-order valence-corrected chi connectivity index (χ1v) is 6.50. The Morgan fingerprint density at radius 1 is 1.18 bits per heavy atom. The Labute approximate surface area is 126 Å². The summed E-state index contributed by atoms with van der Waals surface area (Å²) < 4.78 is 23.4. The van der Waals surface area contributed by atoms with Gasteiger partial charge < -0.3 is 9.15 Å². The molecule has 5 heteroatoms. The fourth-order valence-corrected chi connectivity index (χ4v) is 2.19. The fraction of sp³-hybridized carbons (Fsp3) is 0.0588. The third-order valence-corrected chi connectivity index (χ3v) is 3.26. The molecule has 0 aliphatic heterocycles. The topological polar surface area (TPSA) is 59.1 Å². The Morgan fingerprint density at radius 2 is 1.95 bits per heavy atom. The van der Waals surface area contributed by atoms with Gasteiger partial charge in [0, 0.05) is 11.1 Å². The standard InChI is InChI=1S/C17H11FN2O2/c1-21-17-15(9-19)14(11-2-4-13(18)5-3-11)8-16(20-17)12-6-7-22-10-12/h2-8,10H,1H3. The van der Waals surface area contributed by atoms with Crippen LogP contribution in [0, 0.1) is 17.1 Å². The predicted molar refractivity (Wildman–Crippen MR) is 78.6 cm³/mol. The molecule has 0 saturated heterocycles. The van der Waals surface area contributed by atoms with Gasteiger partial charge in [-0.2, -0.15) is 5.26 Å². The van der Waals surface area contributed by atoms with Crippen molar-refractivity contribution in [3.63, 3.8) is 0 Å². The normalized spacial score (nSPS) is 10.2. The molecule has 0 spiro atoms. The number of aromatic nitrogens is 1. The number of methoxy groups -OCH3 is 1. The van der Waals surface area contributed by atoms with Crippen LogP contribution in [-0.4, -0.2) is 12.1 Å². The second-order valence-electron chi connectivity index (χ2n) is 4.57. The summed E-state index contributed by atoms with van der Waals surface area (Å²) in [5, 5.41) is 9.41. The zero-order valence-corrected chi connectivity index (χ0v) is 11.7. The van der Waals surface area contributed by atoms with Crippen LogP contribution in [-0.2, 0) is 0 Å². The predicted octanol–water partition coefficient (Wildman–Crippen LogP) is 4.03. The molecular weight excluding hydrogens is 283 g/mol. The van der Waals surface area contributed by atoms with E-state index in [1.807, 2.05) is 0 Å². The van der Waals surface area contributed by atoms with Gasteiger partial charge in [0.15, 0.2) is 0 Å². The summed E-state index contributed by atoms with van der Waals surface area (Å²) >= 11 is 0. The van der Waals surface area contributed by atoms with E-state index in [0.29, 0.717) is 22.4 Å². The highest BCUT2D eigenvalue weighted by Gasteiger charge is 2.16. The summed E-state index contributed by atoms with van der Waals surface area (Å²) in [6.45, 7) is 0. The Kier molecular flexibility index (Phi) is 3.58. The van der Waals surface area contributed by atoms with Crippen molar-refractivity contribution in [2.75, 3.05) is 7.11 Å². The van der Waals surface area contributed by atoms with E-state index >= 15 is 0 Å². The Hall–Kier alpha value is -3.13. The first-order valence-electron chi connectivity index (χ1n) is 6.50. The van der Waals surface area contributed by atoms with E-state index in [9.17, 15) is 9.65 Å². The first kappa shape index (κ1) is 13.8. The number of hydrogen-bond acceptors (Lipinski definition) is 4. The van der Waals surface area contributed by atoms with Gasteiger partial charge in [0.1, 0.15) is 17.4 Å². The molecule has 1 aromatic carbocycles. The van der Waals surface area contributed by atoms with E-state index in [-0.39, 0.29) is 11.7 Å². The third-order valence-electron chi connectivity index (χ3n) is 3.26. The van der Waals surface area contributed by atoms with Gasteiger partial charge in [-0.1, -0.05) is 12.1 Å². The highest BCUT2D eigenvalue weighted by atomic mass is 19.1. The maximum absolute atomic E-state index is 13.1. The van der Waals surface area contributed by atoms with Gasteiger partial charge in [0.05, 0.1) is 25.3 Å². The molecule has 0 amide bonds. The second-order valence-corrected chi connectivity index (χ2v) is 4.57. The van der Waals surface area contributed by atoms with E-state index in [1.54, 1.807) is 36.8 Å². The molecule has 0 bridgehead atoms. The minimum Gasteiger partial charge on any atom is -0.480 e. The Balaban J connectivity index is 2.25. The zero-order chi connectivity index (χ0) is 15.5. The van der Waals surface area contributed by atoms with Crippen molar-refractivity contribution in [1.29, 1.82) is 5.26 Å². The molecule has 4 nitrogen and oxygen atoms in total. The minimum absolute atomic E-state index is 0.223. The van der Waals surface area contributed by atoms with E-state index in [4.69, 9.17) is 9.15 Å². The van der Waals surface area contributed by atoms with Gasteiger partial charge in [-0.25, -0.2) is 9.37 Å². The number of hydrogen-bond donors (Lipinski definition) is 0. The summed E-state index contributed by atoms with van der Waals surface area (Å²) in [4.78, 5) is 4.33. The lowest BCUT2D eigenvalue weighted by atomic mass is 9.99. The van der Waals surface area contributed by atoms with Crippen LogP contribution in [0.25, 0.3) is 22.4 Å². The van der Waals surface area contributed by atoms with E-state index in [0.717, 1.165) is 5.56 Å². The number of rotatable bonds is 3. The summed E-state index contributed by atoms with van der Waals surface area (Å²) in [5.41, 5.74) is 3.03. The minimum atomic E-state index is -0.335. The number of pyridine rings is 1. The summed E-state index contributed by atoms with van der Waals surface area (Å²) in [6.07, 6.45) is 3.10. The second kappa shape index (κ2) is 5.70. The fourth-order valence-electron chi connectivity index (χ4n) is 2.19. The Bertz CT molecular complexity index is 834. The van der Waals surface area contributed by atoms with Crippen molar-refractivity contribution in [2.45, 2.75) is 0 Å². The highest BCUT2D eigenvalue weighted by molar-refractivity contribution is 5.77. The molecule has 22 heavy (non-hydrogen) atoms. The van der Waals surface area contributed by atoms with Crippen molar-refractivity contribution in [3.8, 4) is 34.3 Å². The number of benzene rings is 1. The molecule has 0 radical (unpaired) electrons. The van der Waals surface area contributed by atoms with Gasteiger partial charge >= 0.3 is 0 Å². The van der Waals surface area contributed by atoms with Gasteiger partial charge in [-0.15, -0.1) is 0 Å². The van der Waals surface area contributed by atoms with Crippen LogP contribution in [0.3, 0.4) is 0 Å². The Morgan fingerprint density at radius 3 is 2.55 bits per heavy atom. The number of furan rings is 1. The molecule has 0 saturated carbocycles. The molecule has 0 aliphatic carbocycles. The maximum atomic E-state index is 13.1. The smallest absolute Gasteiger partial charge is 0.232 e. The lowest BCUT2D eigenvalue weighted by molar-refractivity contribution is 0.397. The lowest BCUT2D eigenvalue weighted by Gasteiger charge is -2.10. The van der Waals surface area contributed by atoms with Crippen LogP contribution in [0.15, 0.2) is 53.3 Å². The molecule has 0 N–H and O–H groups in total. The lowest BCUT2D eigenvalue weighted by Crippen LogP contribution is -1.97. The molecule has 3 aromatic rings. The number of nitrogens with zero attached hydrogens (tertiary/aromatic N) is 2. The van der Waals surface area contributed by atoms with Gasteiger partial charge in [-0.3, -0.25) is 0 Å². The van der Waals surface area contributed by atoms with Crippen molar-refractivity contribution in [1.82, 2.24) is 4.98 Å². The maximum Gasteiger partial charge on any atom is 0.232 e. The average Bonchev–Trinajstić information content (AvgIpc) is 3.08. The zero-order valence-electron chi connectivity index (χ0n) is 11.7. The van der Waals surface area contributed by atoms with Crippen LogP contribution >= 0.6 is 0 Å². The molecule has 0 aliphatic rings. The number of ether oxygens (including phenoxy) is 1. The van der Waals surface area contributed by atoms with Crippen LogP contribution in [0.1, 0.15) is 5.56 Å². The number of halogens is 1. The largest absolute Gasteiger partial charge is 0.480 e. The van der Waals surface area contributed by atoms with Crippen molar-refractivity contribution in [3.05, 3.63) is 60.3 Å². The molecule has 0 atom stereocenters. The molecule has 0 fully saturated rings. The number of nitriles is 1. The molecule has 108 valence electrons. The first-order chi connectivity index (χ1) is 10.7. The van der Waals surface area contributed by atoms with Crippen LogP contribution < -0.4 is 4.74 Å². The van der Waals surface area contributed by atoms with Crippen LogP contribution in [0.2, 0.25) is 0 Å². The quantitative estimate of drug-likeness (QED) is 0.731. The van der Waals surface area contributed by atoms with Gasteiger partial charge in [0.2, 0.25) is 5.88 Å². The van der Waals surface area contributed by atoms with Crippen molar-refractivity contribution < 1.29 is 13.5 Å². The summed E-state index contributed by atoms with van der Waals surface area (Å²) in [7, 11) is 1.46. The summed E-state index contributed by atoms with van der Waals surface area (Å²) in [6, 6.07) is 11.6. The molecule has 2 heterocycles. The highest BCUT2D eigenvalue weighted by Crippen LogP contribution is 2.33. The van der Waals surface area contributed by atoms with E-state index in [1.165, 1.54) is 19.2 Å². The summed E-state index contributed by atoms with van der Waals surface area (Å²) in [5.74, 6) is -0.112. The van der Waals surface area contributed by atoms with E-state index < -0.39 is 0 Å². The molecular formula is C17H11FN2O2. The van der Waals surface area contributed by atoms with Crippen molar-refractivity contribution >= 4 is 0 Å². The van der Waals surface area contributed by atoms with Crippen LogP contribution in [0.4, 0.5) is 4.39 Å².